The van der Waals surface area contributed by atoms with E-state index in [0.717, 1.165) is 32.1 Å². The fraction of sp³-hybridized carbons (Fsp3) is 0.458. The topological polar surface area (TPSA) is 140 Å². The average Bonchev–Trinajstić information content (AvgIpc) is 2.86. The molecule has 0 radical (unpaired) electrons. The van der Waals surface area contributed by atoms with Gasteiger partial charge < -0.3 is 29.7 Å². The molecule has 1 aliphatic rings. The molecule has 0 aromatic heterocycles. The zero-order chi connectivity index (χ0) is 24.7. The number of nitro benzene ring substituents is 1. The molecule has 0 bridgehead atoms. The van der Waals surface area contributed by atoms with E-state index in [0.29, 0.717) is 22.6 Å². The first kappa shape index (κ1) is 25.3. The third kappa shape index (κ3) is 5.75. The Bertz CT molecular complexity index is 1020. The van der Waals surface area contributed by atoms with Crippen molar-refractivity contribution in [2.75, 3.05) is 14.2 Å². The molecule has 1 fully saturated rings. The zero-order valence-corrected chi connectivity index (χ0v) is 19.3. The molecule has 2 aromatic rings. The highest BCUT2D eigenvalue weighted by atomic mass is 16.6. The van der Waals surface area contributed by atoms with Crippen LogP contribution in [0.1, 0.15) is 60.5 Å². The van der Waals surface area contributed by atoms with Crippen LogP contribution in [0.25, 0.3) is 0 Å². The van der Waals surface area contributed by atoms with Gasteiger partial charge in [0.25, 0.3) is 5.69 Å². The Kier molecular flexibility index (Phi) is 8.67. The van der Waals surface area contributed by atoms with Gasteiger partial charge in [-0.25, -0.2) is 4.79 Å². The van der Waals surface area contributed by atoms with Crippen LogP contribution < -0.4 is 14.8 Å². The van der Waals surface area contributed by atoms with E-state index in [1.54, 1.807) is 18.2 Å². The van der Waals surface area contributed by atoms with Crippen LogP contribution in [-0.4, -0.2) is 41.5 Å². The number of nitrogens with zero attached hydrogens (tertiary/aromatic N) is 1. The molecular weight excluding hydrogens is 444 g/mol. The zero-order valence-electron chi connectivity index (χ0n) is 19.3. The van der Waals surface area contributed by atoms with Gasteiger partial charge in [-0.1, -0.05) is 25.3 Å². The number of benzene rings is 2. The molecule has 34 heavy (non-hydrogen) atoms. The van der Waals surface area contributed by atoms with Crippen molar-refractivity contribution in [1.29, 1.82) is 0 Å². The SMILES string of the molecule is COc1ccc(C(OC(=O)NC2CCCCC2)c2cc(CO)c(CO)cc2[N+](=O)[O-])cc1OC. The number of aliphatic hydroxyl groups is 2. The Morgan fingerprint density at radius 3 is 2.29 bits per heavy atom. The molecule has 1 aliphatic carbocycles. The molecule has 10 nitrogen and oxygen atoms in total. The van der Waals surface area contributed by atoms with E-state index < -0.39 is 30.3 Å². The minimum absolute atomic E-state index is 0.0212. The molecule has 3 N–H and O–H groups in total. The fourth-order valence-corrected chi connectivity index (χ4v) is 4.24. The van der Waals surface area contributed by atoms with Crippen molar-refractivity contribution in [2.24, 2.45) is 0 Å². The van der Waals surface area contributed by atoms with Crippen molar-refractivity contribution in [3.05, 3.63) is 62.7 Å². The van der Waals surface area contributed by atoms with E-state index in [1.807, 2.05) is 0 Å². The van der Waals surface area contributed by atoms with Crippen LogP contribution in [0.4, 0.5) is 10.5 Å². The van der Waals surface area contributed by atoms with E-state index in [4.69, 9.17) is 14.2 Å². The second-order valence-corrected chi connectivity index (χ2v) is 8.13. The second-order valence-electron chi connectivity index (χ2n) is 8.13. The maximum atomic E-state index is 12.9. The lowest BCUT2D eigenvalue weighted by Gasteiger charge is -2.25. The Morgan fingerprint density at radius 1 is 1.06 bits per heavy atom. The van der Waals surface area contributed by atoms with Gasteiger partial charge in [0.15, 0.2) is 17.6 Å². The van der Waals surface area contributed by atoms with E-state index in [1.165, 1.54) is 26.4 Å². The van der Waals surface area contributed by atoms with Crippen molar-refractivity contribution in [2.45, 2.75) is 57.5 Å². The molecular formula is C24H30N2O8. The lowest BCUT2D eigenvalue weighted by Crippen LogP contribution is -2.37. The summed E-state index contributed by atoms with van der Waals surface area (Å²) < 4.78 is 16.4. The number of ether oxygens (including phenoxy) is 3. The summed E-state index contributed by atoms with van der Waals surface area (Å²) in [6.45, 7) is -0.936. The number of carbonyl (C=O) groups excluding carboxylic acids is 1. The molecule has 0 saturated heterocycles. The Hall–Kier alpha value is -3.37. The summed E-state index contributed by atoms with van der Waals surface area (Å²) in [5, 5.41) is 34.1. The second kappa shape index (κ2) is 11.7. The predicted molar refractivity (Wildman–Crippen MR) is 123 cm³/mol. The summed E-state index contributed by atoms with van der Waals surface area (Å²) in [5.74, 6) is 0.802. The van der Waals surface area contributed by atoms with Crippen molar-refractivity contribution in [1.82, 2.24) is 5.32 Å². The standard InChI is InChI=1S/C24H30N2O8/c1-32-21-9-8-15(12-22(21)33-2)23(34-24(29)25-18-6-4-3-5-7-18)19-10-16(13-27)17(14-28)11-20(19)26(30)31/h8-12,18,23,27-28H,3-7,13-14H2,1-2H3,(H,25,29). The number of nitro groups is 1. The van der Waals surface area contributed by atoms with Gasteiger partial charge in [0.2, 0.25) is 0 Å². The minimum atomic E-state index is -1.18. The van der Waals surface area contributed by atoms with Crippen LogP contribution >= 0.6 is 0 Å². The highest BCUT2D eigenvalue weighted by Crippen LogP contribution is 2.38. The highest BCUT2D eigenvalue weighted by molar-refractivity contribution is 5.69. The molecule has 1 amide bonds. The van der Waals surface area contributed by atoms with Gasteiger partial charge in [0, 0.05) is 17.7 Å². The molecule has 1 saturated carbocycles. The van der Waals surface area contributed by atoms with Gasteiger partial charge in [-0.05, 0) is 42.2 Å². The molecule has 0 heterocycles. The molecule has 2 aromatic carbocycles. The van der Waals surface area contributed by atoms with Gasteiger partial charge in [0.1, 0.15) is 0 Å². The van der Waals surface area contributed by atoms with Gasteiger partial charge >= 0.3 is 6.09 Å². The number of aliphatic hydroxyl groups excluding tert-OH is 2. The van der Waals surface area contributed by atoms with Crippen molar-refractivity contribution >= 4 is 11.8 Å². The molecule has 3 rings (SSSR count). The first-order chi connectivity index (χ1) is 16.4. The quantitative estimate of drug-likeness (QED) is 0.369. The molecule has 1 unspecified atom stereocenters. The summed E-state index contributed by atoms with van der Waals surface area (Å²) in [6.07, 6.45) is 2.96. The van der Waals surface area contributed by atoms with Gasteiger partial charge in [-0.2, -0.15) is 0 Å². The van der Waals surface area contributed by atoms with Crippen LogP contribution in [0.2, 0.25) is 0 Å². The van der Waals surface area contributed by atoms with Crippen LogP contribution in [0, 0.1) is 10.1 Å². The molecule has 1 atom stereocenters. The number of hydrogen-bond donors (Lipinski definition) is 3. The van der Waals surface area contributed by atoms with Crippen LogP contribution in [0.15, 0.2) is 30.3 Å². The molecule has 0 aliphatic heterocycles. The molecule has 184 valence electrons. The van der Waals surface area contributed by atoms with Gasteiger partial charge in [0.05, 0.1) is 37.9 Å². The number of hydrogen-bond acceptors (Lipinski definition) is 8. The monoisotopic (exact) mass is 474 g/mol. The summed E-state index contributed by atoms with van der Waals surface area (Å²) in [7, 11) is 2.94. The lowest BCUT2D eigenvalue weighted by atomic mass is 9.94. The fourth-order valence-electron chi connectivity index (χ4n) is 4.24. The van der Waals surface area contributed by atoms with E-state index >= 15 is 0 Å². The van der Waals surface area contributed by atoms with Crippen molar-refractivity contribution in [3.8, 4) is 11.5 Å². The van der Waals surface area contributed by atoms with Crippen molar-refractivity contribution < 1.29 is 34.1 Å². The lowest BCUT2D eigenvalue weighted by molar-refractivity contribution is -0.386. The first-order valence-corrected chi connectivity index (χ1v) is 11.1. The summed E-state index contributed by atoms with van der Waals surface area (Å²) in [6, 6.07) is 7.38. The summed E-state index contributed by atoms with van der Waals surface area (Å²) in [4.78, 5) is 24.2. The Morgan fingerprint density at radius 2 is 1.71 bits per heavy atom. The Labute approximate surface area is 197 Å². The minimum Gasteiger partial charge on any atom is -0.493 e. The summed E-state index contributed by atoms with van der Waals surface area (Å²) >= 11 is 0. The Balaban J connectivity index is 2.08. The van der Waals surface area contributed by atoms with Gasteiger partial charge in [-0.3, -0.25) is 10.1 Å². The number of carbonyl (C=O) groups is 1. The number of rotatable bonds is 9. The number of alkyl carbamates (subject to hydrolysis) is 1. The summed E-state index contributed by atoms with van der Waals surface area (Å²) in [5.41, 5.74) is 0.657. The van der Waals surface area contributed by atoms with E-state index in [-0.39, 0.29) is 22.9 Å². The maximum absolute atomic E-state index is 12.9. The van der Waals surface area contributed by atoms with E-state index in [2.05, 4.69) is 5.32 Å². The van der Waals surface area contributed by atoms with Crippen LogP contribution in [0.5, 0.6) is 11.5 Å². The number of nitrogens with one attached hydrogen (secondary N) is 1. The predicted octanol–water partition coefficient (Wildman–Crippen LogP) is 3.74. The van der Waals surface area contributed by atoms with Crippen molar-refractivity contribution in [3.63, 3.8) is 0 Å². The highest BCUT2D eigenvalue weighted by Gasteiger charge is 2.30. The smallest absolute Gasteiger partial charge is 0.408 e. The number of methoxy groups -OCH3 is 2. The third-order valence-electron chi connectivity index (χ3n) is 6.03. The first-order valence-electron chi connectivity index (χ1n) is 11.1. The molecule has 0 spiro atoms. The normalized spacial score (nSPS) is 14.8. The van der Waals surface area contributed by atoms with E-state index in [9.17, 15) is 25.1 Å². The van der Waals surface area contributed by atoms with Crippen LogP contribution in [0.3, 0.4) is 0 Å². The molecule has 10 heteroatoms. The largest absolute Gasteiger partial charge is 0.493 e. The number of amides is 1. The van der Waals surface area contributed by atoms with Gasteiger partial charge in [-0.15, -0.1) is 0 Å². The van der Waals surface area contributed by atoms with Crippen LogP contribution in [-0.2, 0) is 18.0 Å². The average molecular weight is 475 g/mol. The third-order valence-corrected chi connectivity index (χ3v) is 6.03. The maximum Gasteiger partial charge on any atom is 0.408 e.